The zero-order chi connectivity index (χ0) is 30.3. The number of hydrogen-bond acceptors (Lipinski definition) is 7. The van der Waals surface area contributed by atoms with Crippen LogP contribution in [0.2, 0.25) is 0 Å². The minimum atomic E-state index is -3.34. The van der Waals surface area contributed by atoms with Crippen LogP contribution < -0.4 is 5.73 Å². The number of pyridine rings is 2. The predicted molar refractivity (Wildman–Crippen MR) is 174 cm³/mol. The number of piperidine rings is 1. The first-order valence-corrected chi connectivity index (χ1v) is 16.4. The lowest BCUT2D eigenvalue weighted by Crippen LogP contribution is -2.43. The van der Waals surface area contributed by atoms with Crippen LogP contribution in [-0.2, 0) is 16.6 Å². The minimum absolute atomic E-state index is 0.184. The lowest BCUT2D eigenvalue weighted by molar-refractivity contribution is 0.154. The number of hydrogen-bond donors (Lipinski definition) is 1. The van der Waals surface area contributed by atoms with Crippen molar-refractivity contribution >= 4 is 27.0 Å². The molecular formula is C34H35N7O2S. The van der Waals surface area contributed by atoms with E-state index in [9.17, 15) is 8.42 Å². The summed E-state index contributed by atoms with van der Waals surface area (Å²) in [6.07, 6.45) is 4.56. The van der Waals surface area contributed by atoms with E-state index in [1.165, 1.54) is 5.56 Å². The monoisotopic (exact) mass is 605 g/mol. The quantitative estimate of drug-likeness (QED) is 0.261. The van der Waals surface area contributed by atoms with Crippen molar-refractivity contribution in [3.05, 3.63) is 103 Å². The molecule has 224 valence electrons. The lowest BCUT2D eigenvalue weighted by Gasteiger charge is -2.38. The Labute approximate surface area is 257 Å². The van der Waals surface area contributed by atoms with E-state index in [0.717, 1.165) is 78.0 Å². The van der Waals surface area contributed by atoms with Crippen molar-refractivity contribution in [1.29, 1.82) is 0 Å². The molecule has 0 aliphatic carbocycles. The van der Waals surface area contributed by atoms with E-state index in [1.54, 1.807) is 10.5 Å². The van der Waals surface area contributed by atoms with Gasteiger partial charge in [-0.15, -0.1) is 0 Å². The maximum Gasteiger partial charge on any atom is 0.235 e. The van der Waals surface area contributed by atoms with E-state index < -0.39 is 10.0 Å². The number of aromatic nitrogens is 4. The van der Waals surface area contributed by atoms with Gasteiger partial charge in [-0.1, -0.05) is 49.0 Å². The summed E-state index contributed by atoms with van der Waals surface area (Å²) in [6.45, 7) is 7.46. The van der Waals surface area contributed by atoms with Crippen molar-refractivity contribution in [2.24, 2.45) is 5.41 Å². The zero-order valence-electron chi connectivity index (χ0n) is 24.5. The van der Waals surface area contributed by atoms with Crippen molar-refractivity contribution in [2.45, 2.75) is 25.8 Å². The summed E-state index contributed by atoms with van der Waals surface area (Å²) in [5, 5.41) is 1.06. The molecule has 2 aliphatic rings. The van der Waals surface area contributed by atoms with Crippen molar-refractivity contribution in [2.75, 3.05) is 31.9 Å². The summed E-state index contributed by atoms with van der Waals surface area (Å²) < 4.78 is 28.1. The normalized spacial score (nSPS) is 17.4. The van der Waals surface area contributed by atoms with Gasteiger partial charge in [0.25, 0.3) is 0 Å². The molecule has 0 saturated carbocycles. The average Bonchev–Trinajstić information content (AvgIpc) is 3.63. The Hall–Kier alpha value is -4.38. The molecule has 1 spiro atoms. The van der Waals surface area contributed by atoms with Crippen LogP contribution in [0.3, 0.4) is 0 Å². The Morgan fingerprint density at radius 1 is 0.886 bits per heavy atom. The standard InChI is InChI=1S/C34H35N7O2S/c1-2-44(42,43)40-21-17-34(18-22-40)16-20-39(24-34)23-25-10-12-27(13-11-25)41-32(28-9-6-19-36-31(28)35)38-30-15-14-29(37-33(30)41)26-7-4-3-5-8-26/h2-15,19H,1,16-18,20-24H2,(H2,35,36). The van der Waals surface area contributed by atoms with Gasteiger partial charge in [-0.25, -0.2) is 23.4 Å². The summed E-state index contributed by atoms with van der Waals surface area (Å²) >= 11 is 0. The van der Waals surface area contributed by atoms with Crippen LogP contribution in [0.4, 0.5) is 5.82 Å². The highest BCUT2D eigenvalue weighted by Crippen LogP contribution is 2.41. The van der Waals surface area contributed by atoms with Crippen LogP contribution in [0.5, 0.6) is 0 Å². The highest BCUT2D eigenvalue weighted by Gasteiger charge is 2.42. The van der Waals surface area contributed by atoms with Gasteiger partial charge in [-0.2, -0.15) is 4.31 Å². The van der Waals surface area contributed by atoms with Crippen molar-refractivity contribution in [1.82, 2.24) is 28.7 Å². The van der Waals surface area contributed by atoms with Gasteiger partial charge in [0, 0.05) is 49.0 Å². The third-order valence-corrected chi connectivity index (χ3v) is 10.6. The number of nitrogen functional groups attached to an aromatic ring is 1. The second-order valence-corrected chi connectivity index (χ2v) is 13.7. The molecule has 44 heavy (non-hydrogen) atoms. The van der Waals surface area contributed by atoms with Crippen molar-refractivity contribution in [3.8, 4) is 28.3 Å². The SMILES string of the molecule is C=CS(=O)(=O)N1CCC2(CCN(Cc3ccc(-n4c(-c5cccnc5N)nc5ccc(-c6ccccc6)nc54)cc3)C2)CC1. The zero-order valence-corrected chi connectivity index (χ0v) is 25.3. The predicted octanol–water partition coefficient (Wildman–Crippen LogP) is 5.49. The molecule has 2 aliphatic heterocycles. The second kappa shape index (κ2) is 11.3. The molecule has 5 heterocycles. The highest BCUT2D eigenvalue weighted by molar-refractivity contribution is 7.92. The number of anilines is 1. The van der Waals surface area contributed by atoms with Gasteiger partial charge in [0.15, 0.2) is 11.5 Å². The molecule has 0 atom stereocenters. The fraction of sp³-hybridized carbons (Fsp3) is 0.265. The summed E-state index contributed by atoms with van der Waals surface area (Å²) in [7, 11) is -3.34. The number of benzene rings is 2. The van der Waals surface area contributed by atoms with Gasteiger partial charge >= 0.3 is 0 Å². The van der Waals surface area contributed by atoms with Gasteiger partial charge in [-0.3, -0.25) is 9.47 Å². The average molecular weight is 606 g/mol. The van der Waals surface area contributed by atoms with E-state index in [4.69, 9.17) is 15.7 Å². The van der Waals surface area contributed by atoms with E-state index in [2.05, 4.69) is 57.4 Å². The third kappa shape index (κ3) is 5.29. The maximum absolute atomic E-state index is 12.2. The summed E-state index contributed by atoms with van der Waals surface area (Å²) in [6, 6.07) is 26.5. The Morgan fingerprint density at radius 2 is 1.64 bits per heavy atom. The van der Waals surface area contributed by atoms with E-state index >= 15 is 0 Å². The molecule has 2 saturated heterocycles. The molecule has 0 bridgehead atoms. The summed E-state index contributed by atoms with van der Waals surface area (Å²) in [5.74, 6) is 1.11. The fourth-order valence-electron chi connectivity index (χ4n) is 6.66. The number of fused-ring (bicyclic) bond motifs is 1. The molecular weight excluding hydrogens is 570 g/mol. The summed E-state index contributed by atoms with van der Waals surface area (Å²) in [5.41, 5.74) is 12.9. The van der Waals surface area contributed by atoms with Crippen LogP contribution in [0, 0.1) is 5.41 Å². The van der Waals surface area contributed by atoms with Crippen LogP contribution >= 0.6 is 0 Å². The third-order valence-electron chi connectivity index (χ3n) is 9.13. The molecule has 7 rings (SSSR count). The lowest BCUT2D eigenvalue weighted by atomic mass is 9.78. The van der Waals surface area contributed by atoms with Crippen molar-refractivity contribution in [3.63, 3.8) is 0 Å². The van der Waals surface area contributed by atoms with Gasteiger partial charge in [0.05, 0.1) is 11.3 Å². The van der Waals surface area contributed by atoms with Crippen LogP contribution in [0.1, 0.15) is 24.8 Å². The molecule has 5 aromatic rings. The van der Waals surface area contributed by atoms with Gasteiger partial charge in [0.2, 0.25) is 10.0 Å². The molecule has 0 radical (unpaired) electrons. The Kier molecular flexibility index (Phi) is 7.28. The van der Waals surface area contributed by atoms with Gasteiger partial charge in [-0.05, 0) is 73.2 Å². The Morgan fingerprint density at radius 3 is 2.36 bits per heavy atom. The molecule has 2 aromatic carbocycles. The number of nitrogens with zero attached hydrogens (tertiary/aromatic N) is 6. The van der Waals surface area contributed by atoms with Crippen molar-refractivity contribution < 1.29 is 8.42 Å². The maximum atomic E-state index is 12.2. The molecule has 0 amide bonds. The summed E-state index contributed by atoms with van der Waals surface area (Å²) in [4.78, 5) is 16.8. The smallest absolute Gasteiger partial charge is 0.235 e. The Bertz CT molecular complexity index is 1930. The minimum Gasteiger partial charge on any atom is -0.383 e. The largest absolute Gasteiger partial charge is 0.383 e. The number of sulfonamides is 1. The Balaban J connectivity index is 1.16. The molecule has 2 fully saturated rings. The first-order valence-electron chi connectivity index (χ1n) is 14.9. The molecule has 3 aromatic heterocycles. The van der Waals surface area contributed by atoms with E-state index in [0.29, 0.717) is 24.7 Å². The van der Waals surface area contributed by atoms with E-state index in [-0.39, 0.29) is 5.41 Å². The van der Waals surface area contributed by atoms with Crippen LogP contribution in [0.15, 0.2) is 97.0 Å². The second-order valence-electron chi connectivity index (χ2n) is 11.9. The number of likely N-dealkylation sites (tertiary alicyclic amines) is 1. The van der Waals surface area contributed by atoms with E-state index in [1.807, 2.05) is 42.5 Å². The molecule has 10 heteroatoms. The molecule has 9 nitrogen and oxygen atoms in total. The van der Waals surface area contributed by atoms with Gasteiger partial charge in [0.1, 0.15) is 11.3 Å². The first kappa shape index (κ1) is 28.4. The highest BCUT2D eigenvalue weighted by atomic mass is 32.2. The number of nitrogens with two attached hydrogens (primary N) is 1. The number of imidazole rings is 1. The first-order chi connectivity index (χ1) is 21.3. The van der Waals surface area contributed by atoms with Crippen LogP contribution in [-0.4, -0.2) is 63.3 Å². The van der Waals surface area contributed by atoms with Crippen LogP contribution in [0.25, 0.3) is 39.5 Å². The molecule has 2 N–H and O–H groups in total. The fourth-order valence-corrected chi connectivity index (χ4v) is 7.56. The molecule has 0 unspecified atom stereocenters. The topological polar surface area (TPSA) is 110 Å². The number of rotatable bonds is 7. The van der Waals surface area contributed by atoms with Gasteiger partial charge < -0.3 is 5.73 Å².